The molecule has 3 aromatic rings. The van der Waals surface area contributed by atoms with E-state index in [1.165, 1.54) is 0 Å². The van der Waals surface area contributed by atoms with Gasteiger partial charge in [-0.2, -0.15) is 0 Å². The van der Waals surface area contributed by atoms with Gasteiger partial charge >= 0.3 is 11.8 Å². The molecule has 3 N–H and O–H groups in total. The van der Waals surface area contributed by atoms with Gasteiger partial charge in [0, 0.05) is 6.54 Å². The summed E-state index contributed by atoms with van der Waals surface area (Å²) in [5, 5.41) is 17.6. The number of nitrogens with one attached hydrogen (secondary N) is 2. The molecular formula is C23H24N2O4. The Morgan fingerprint density at radius 2 is 1.69 bits per heavy atom. The first-order valence-electron chi connectivity index (χ1n) is 9.57. The van der Waals surface area contributed by atoms with E-state index in [2.05, 4.69) is 10.6 Å². The van der Waals surface area contributed by atoms with E-state index < -0.39 is 17.9 Å². The Hall–Kier alpha value is -3.38. The summed E-state index contributed by atoms with van der Waals surface area (Å²) in [7, 11) is 0. The molecule has 6 nitrogen and oxygen atoms in total. The Kier molecular flexibility index (Phi) is 6.81. The van der Waals surface area contributed by atoms with Gasteiger partial charge in [-0.1, -0.05) is 54.6 Å². The van der Waals surface area contributed by atoms with Gasteiger partial charge in [0.25, 0.3) is 0 Å². The van der Waals surface area contributed by atoms with Crippen molar-refractivity contribution in [2.75, 3.05) is 18.5 Å². The van der Waals surface area contributed by atoms with Gasteiger partial charge in [-0.3, -0.25) is 9.59 Å². The van der Waals surface area contributed by atoms with Gasteiger partial charge in [0.1, 0.15) is 5.75 Å². The minimum Gasteiger partial charge on any atom is -0.492 e. The molecule has 0 saturated heterocycles. The molecular weight excluding hydrogens is 368 g/mol. The third kappa shape index (κ3) is 5.12. The van der Waals surface area contributed by atoms with E-state index in [0.29, 0.717) is 24.5 Å². The number of aliphatic hydroxyl groups is 1. The van der Waals surface area contributed by atoms with Crippen LogP contribution in [0.3, 0.4) is 0 Å². The summed E-state index contributed by atoms with van der Waals surface area (Å²) in [6.07, 6.45) is -0.453. The first-order valence-corrected chi connectivity index (χ1v) is 9.57. The standard InChI is InChI=1S/C23H24N2O4/c1-2-29-21-13-6-5-12-19(21)25-23(28)22(27)24-15-14-20(26)18-11-7-9-16-8-3-4-10-17(16)18/h3-13,20,26H,2,14-15H2,1H3,(H,24,27)(H,25,28)/t20-/m1/s1. The normalized spacial score (nSPS) is 11.7. The Morgan fingerprint density at radius 1 is 0.966 bits per heavy atom. The van der Waals surface area contributed by atoms with Crippen molar-refractivity contribution in [1.29, 1.82) is 0 Å². The topological polar surface area (TPSA) is 87.7 Å². The summed E-state index contributed by atoms with van der Waals surface area (Å²) in [5.41, 5.74) is 1.23. The third-order valence-corrected chi connectivity index (χ3v) is 4.53. The van der Waals surface area contributed by atoms with Crippen LogP contribution in [0.4, 0.5) is 5.69 Å². The maximum absolute atomic E-state index is 12.1. The predicted octanol–water partition coefficient (Wildman–Crippen LogP) is 3.42. The van der Waals surface area contributed by atoms with Crippen LogP contribution in [-0.2, 0) is 9.59 Å². The molecule has 3 aromatic carbocycles. The second kappa shape index (κ2) is 9.71. The van der Waals surface area contributed by atoms with Crippen molar-refractivity contribution in [2.24, 2.45) is 0 Å². The molecule has 3 rings (SSSR count). The molecule has 0 aliphatic carbocycles. The number of carbonyl (C=O) groups excluding carboxylic acids is 2. The van der Waals surface area contributed by atoms with Crippen LogP contribution in [0, 0.1) is 0 Å². The Labute approximate surface area is 169 Å². The van der Waals surface area contributed by atoms with Crippen LogP contribution in [0.2, 0.25) is 0 Å². The minimum absolute atomic E-state index is 0.170. The SMILES string of the molecule is CCOc1ccccc1NC(=O)C(=O)NCC[C@@H](O)c1cccc2ccccc12. The highest BCUT2D eigenvalue weighted by Gasteiger charge is 2.17. The fraction of sp³-hybridized carbons (Fsp3) is 0.217. The lowest BCUT2D eigenvalue weighted by Crippen LogP contribution is -2.36. The molecule has 0 aliphatic rings. The first-order chi connectivity index (χ1) is 14.1. The molecule has 0 aliphatic heterocycles. The second-order valence-electron chi connectivity index (χ2n) is 6.51. The fourth-order valence-corrected chi connectivity index (χ4v) is 3.13. The first kappa shape index (κ1) is 20.4. The Balaban J connectivity index is 1.55. The van der Waals surface area contributed by atoms with E-state index in [0.717, 1.165) is 16.3 Å². The van der Waals surface area contributed by atoms with Gasteiger partial charge in [-0.15, -0.1) is 0 Å². The van der Waals surface area contributed by atoms with E-state index in [1.807, 2.05) is 49.4 Å². The molecule has 0 saturated carbocycles. The van der Waals surface area contributed by atoms with E-state index in [-0.39, 0.29) is 6.54 Å². The van der Waals surface area contributed by atoms with Crippen molar-refractivity contribution in [3.8, 4) is 5.75 Å². The maximum atomic E-state index is 12.1. The zero-order valence-electron chi connectivity index (χ0n) is 16.2. The fourth-order valence-electron chi connectivity index (χ4n) is 3.13. The monoisotopic (exact) mass is 392 g/mol. The van der Waals surface area contributed by atoms with Gasteiger partial charge in [-0.25, -0.2) is 0 Å². The summed E-state index contributed by atoms with van der Waals surface area (Å²) >= 11 is 0. The summed E-state index contributed by atoms with van der Waals surface area (Å²) in [6.45, 7) is 2.46. The van der Waals surface area contributed by atoms with E-state index in [9.17, 15) is 14.7 Å². The molecule has 29 heavy (non-hydrogen) atoms. The number of hydrogen-bond acceptors (Lipinski definition) is 4. The molecule has 0 spiro atoms. The van der Waals surface area contributed by atoms with Gasteiger partial charge in [0.2, 0.25) is 0 Å². The number of anilines is 1. The maximum Gasteiger partial charge on any atom is 0.313 e. The second-order valence-corrected chi connectivity index (χ2v) is 6.51. The predicted molar refractivity (Wildman–Crippen MR) is 113 cm³/mol. The van der Waals surface area contributed by atoms with Crippen molar-refractivity contribution in [3.63, 3.8) is 0 Å². The van der Waals surface area contributed by atoms with E-state index >= 15 is 0 Å². The average Bonchev–Trinajstić information content (AvgIpc) is 2.74. The van der Waals surface area contributed by atoms with Gasteiger partial charge in [-0.05, 0) is 41.8 Å². The van der Waals surface area contributed by atoms with E-state index in [1.54, 1.807) is 24.3 Å². The van der Waals surface area contributed by atoms with Crippen LogP contribution >= 0.6 is 0 Å². The Morgan fingerprint density at radius 3 is 2.52 bits per heavy atom. The third-order valence-electron chi connectivity index (χ3n) is 4.53. The molecule has 0 heterocycles. The van der Waals surface area contributed by atoms with Crippen molar-refractivity contribution in [2.45, 2.75) is 19.4 Å². The van der Waals surface area contributed by atoms with Crippen LogP contribution in [-0.4, -0.2) is 30.1 Å². The summed E-state index contributed by atoms with van der Waals surface area (Å²) < 4.78 is 5.43. The lowest BCUT2D eigenvalue weighted by atomic mass is 9.99. The highest BCUT2D eigenvalue weighted by atomic mass is 16.5. The minimum atomic E-state index is -0.781. The highest BCUT2D eigenvalue weighted by molar-refractivity contribution is 6.39. The van der Waals surface area contributed by atoms with Crippen molar-refractivity contribution >= 4 is 28.3 Å². The molecule has 0 fully saturated rings. The molecule has 2 amide bonds. The smallest absolute Gasteiger partial charge is 0.313 e. The number of carbonyl (C=O) groups is 2. The summed E-state index contributed by atoms with van der Waals surface area (Å²) in [6, 6.07) is 20.5. The number of amides is 2. The summed E-state index contributed by atoms with van der Waals surface area (Å²) in [4.78, 5) is 24.2. The largest absolute Gasteiger partial charge is 0.492 e. The lowest BCUT2D eigenvalue weighted by molar-refractivity contribution is -0.136. The molecule has 0 unspecified atom stereocenters. The number of fused-ring (bicyclic) bond motifs is 1. The molecule has 0 bridgehead atoms. The van der Waals surface area contributed by atoms with Crippen LogP contribution in [0.15, 0.2) is 66.7 Å². The van der Waals surface area contributed by atoms with Gasteiger partial charge in [0.05, 0.1) is 18.4 Å². The zero-order chi connectivity index (χ0) is 20.6. The molecule has 6 heteroatoms. The zero-order valence-corrected chi connectivity index (χ0v) is 16.2. The summed E-state index contributed by atoms with van der Waals surface area (Å²) in [5.74, 6) is -1.04. The lowest BCUT2D eigenvalue weighted by Gasteiger charge is -2.14. The number of benzene rings is 3. The van der Waals surface area contributed by atoms with Gasteiger partial charge < -0.3 is 20.5 Å². The van der Waals surface area contributed by atoms with E-state index in [4.69, 9.17) is 4.74 Å². The van der Waals surface area contributed by atoms with Crippen LogP contribution < -0.4 is 15.4 Å². The van der Waals surface area contributed by atoms with Crippen molar-refractivity contribution in [3.05, 3.63) is 72.3 Å². The Bertz CT molecular complexity index is 998. The molecule has 0 aromatic heterocycles. The van der Waals surface area contributed by atoms with Crippen molar-refractivity contribution in [1.82, 2.24) is 5.32 Å². The van der Waals surface area contributed by atoms with Crippen LogP contribution in [0.1, 0.15) is 25.0 Å². The number of rotatable bonds is 7. The van der Waals surface area contributed by atoms with Crippen molar-refractivity contribution < 1.29 is 19.4 Å². The number of ether oxygens (including phenoxy) is 1. The van der Waals surface area contributed by atoms with Gasteiger partial charge in [0.15, 0.2) is 0 Å². The average molecular weight is 392 g/mol. The number of aliphatic hydroxyl groups excluding tert-OH is 1. The molecule has 0 radical (unpaired) electrons. The number of hydrogen-bond donors (Lipinski definition) is 3. The molecule has 150 valence electrons. The molecule has 1 atom stereocenters. The quantitative estimate of drug-likeness (QED) is 0.538. The van der Waals surface area contributed by atoms with Crippen LogP contribution in [0.5, 0.6) is 5.75 Å². The van der Waals surface area contributed by atoms with Crippen LogP contribution in [0.25, 0.3) is 10.8 Å². The number of para-hydroxylation sites is 2. The highest BCUT2D eigenvalue weighted by Crippen LogP contribution is 2.26.